The molecule has 7 heteroatoms. The zero-order valence-electron chi connectivity index (χ0n) is 9.50. The lowest BCUT2D eigenvalue weighted by Crippen LogP contribution is -2.06. The van der Waals surface area contributed by atoms with E-state index in [0.29, 0.717) is 11.6 Å². The number of carbonyl (C=O) groups is 1. The van der Waals surface area contributed by atoms with Crippen molar-refractivity contribution in [2.45, 2.75) is 6.54 Å². The van der Waals surface area contributed by atoms with Gasteiger partial charge in [-0.25, -0.2) is 9.48 Å². The second-order valence-corrected chi connectivity index (χ2v) is 3.91. The number of halogens is 1. The van der Waals surface area contributed by atoms with Crippen LogP contribution in [0.4, 0.5) is 0 Å². The van der Waals surface area contributed by atoms with Crippen LogP contribution in [0.5, 0.6) is 5.88 Å². The molecule has 0 aliphatic heterocycles. The molecule has 0 fully saturated rings. The highest BCUT2D eigenvalue weighted by molar-refractivity contribution is 6.31. The molecule has 1 aromatic heterocycles. The molecule has 18 heavy (non-hydrogen) atoms. The molecule has 0 bridgehead atoms. The Bertz CT molecular complexity index is 583. The molecule has 0 atom stereocenters. The first-order chi connectivity index (χ1) is 8.63. The van der Waals surface area contributed by atoms with Gasteiger partial charge in [0.15, 0.2) is 0 Å². The van der Waals surface area contributed by atoms with Crippen molar-refractivity contribution < 1.29 is 14.6 Å². The summed E-state index contributed by atoms with van der Waals surface area (Å²) in [5.74, 6) is -1.08. The normalized spacial score (nSPS) is 10.3. The molecule has 0 unspecified atom stereocenters. The minimum atomic E-state index is -1.18. The second kappa shape index (κ2) is 5.05. The molecule has 2 rings (SSSR count). The zero-order chi connectivity index (χ0) is 13.1. The van der Waals surface area contributed by atoms with Crippen LogP contribution >= 0.6 is 11.6 Å². The van der Waals surface area contributed by atoms with Gasteiger partial charge in [0.2, 0.25) is 11.6 Å². The fraction of sp³-hybridized carbons (Fsp3) is 0.182. The van der Waals surface area contributed by atoms with Gasteiger partial charge in [-0.15, -0.1) is 5.10 Å². The molecule has 1 heterocycles. The number of rotatable bonds is 4. The Labute approximate surface area is 108 Å². The highest BCUT2D eigenvalue weighted by Crippen LogP contribution is 2.20. The van der Waals surface area contributed by atoms with Gasteiger partial charge in [-0.3, -0.25) is 0 Å². The number of ether oxygens (including phenoxy) is 1. The van der Waals surface area contributed by atoms with Crippen LogP contribution in [0.15, 0.2) is 24.3 Å². The van der Waals surface area contributed by atoms with Crippen LogP contribution in [0.1, 0.15) is 16.1 Å². The molecule has 0 amide bonds. The van der Waals surface area contributed by atoms with Gasteiger partial charge in [0, 0.05) is 5.02 Å². The molecular formula is C11H10ClN3O3. The summed E-state index contributed by atoms with van der Waals surface area (Å²) in [5.41, 5.74) is 0.587. The lowest BCUT2D eigenvalue weighted by molar-refractivity contribution is 0.0686. The van der Waals surface area contributed by atoms with Crippen molar-refractivity contribution in [3.8, 4) is 5.88 Å². The predicted molar refractivity (Wildman–Crippen MR) is 64.1 cm³/mol. The van der Waals surface area contributed by atoms with E-state index in [1.165, 1.54) is 11.8 Å². The summed E-state index contributed by atoms with van der Waals surface area (Å²) < 4.78 is 6.36. The van der Waals surface area contributed by atoms with Crippen LogP contribution in [-0.2, 0) is 6.54 Å². The average molecular weight is 268 g/mol. The molecular weight excluding hydrogens is 258 g/mol. The number of methoxy groups -OCH3 is 1. The van der Waals surface area contributed by atoms with E-state index in [0.717, 1.165) is 5.56 Å². The van der Waals surface area contributed by atoms with Gasteiger partial charge in [-0.1, -0.05) is 35.0 Å². The minimum absolute atomic E-state index is 0.0995. The number of carboxylic acid groups (broad SMARTS) is 1. The van der Waals surface area contributed by atoms with Crippen LogP contribution in [0, 0.1) is 0 Å². The SMILES string of the molecule is COc1c(C(=O)O)nnn1Cc1ccccc1Cl. The Morgan fingerprint density at radius 2 is 2.22 bits per heavy atom. The highest BCUT2D eigenvalue weighted by atomic mass is 35.5. The highest BCUT2D eigenvalue weighted by Gasteiger charge is 2.20. The monoisotopic (exact) mass is 267 g/mol. The number of carboxylic acids is 1. The molecule has 0 aliphatic carbocycles. The van der Waals surface area contributed by atoms with Gasteiger partial charge in [0.25, 0.3) is 0 Å². The Kier molecular flexibility index (Phi) is 3.47. The second-order valence-electron chi connectivity index (χ2n) is 3.50. The van der Waals surface area contributed by atoms with Gasteiger partial charge in [-0.2, -0.15) is 0 Å². The van der Waals surface area contributed by atoms with Gasteiger partial charge in [-0.05, 0) is 11.6 Å². The first kappa shape index (κ1) is 12.4. The standard InChI is InChI=1S/C11H10ClN3O3/c1-18-10-9(11(16)17)13-14-15(10)6-7-4-2-3-5-8(7)12/h2-5H,6H2,1H3,(H,16,17). The van der Waals surface area contributed by atoms with E-state index in [4.69, 9.17) is 21.4 Å². The summed E-state index contributed by atoms with van der Waals surface area (Å²) in [6.45, 7) is 0.295. The third-order valence-electron chi connectivity index (χ3n) is 2.36. The van der Waals surface area contributed by atoms with Crippen molar-refractivity contribution in [2.75, 3.05) is 7.11 Å². The molecule has 0 saturated carbocycles. The van der Waals surface area contributed by atoms with Crippen molar-refractivity contribution in [3.05, 3.63) is 40.5 Å². The number of benzene rings is 1. The van der Waals surface area contributed by atoms with Crippen LogP contribution in [0.25, 0.3) is 0 Å². The molecule has 0 saturated heterocycles. The van der Waals surface area contributed by atoms with E-state index in [1.807, 2.05) is 18.2 Å². The Hall–Kier alpha value is -2.08. The van der Waals surface area contributed by atoms with Crippen molar-refractivity contribution in [1.29, 1.82) is 0 Å². The van der Waals surface area contributed by atoms with Crippen LogP contribution < -0.4 is 4.74 Å². The first-order valence-electron chi connectivity index (χ1n) is 5.07. The van der Waals surface area contributed by atoms with Crippen LogP contribution in [0.2, 0.25) is 5.02 Å². The number of aromatic nitrogens is 3. The molecule has 0 spiro atoms. The van der Waals surface area contributed by atoms with Gasteiger partial charge in [0.05, 0.1) is 13.7 Å². The summed E-state index contributed by atoms with van der Waals surface area (Å²) in [6.07, 6.45) is 0. The summed E-state index contributed by atoms with van der Waals surface area (Å²) >= 11 is 6.02. The lowest BCUT2D eigenvalue weighted by Gasteiger charge is -2.06. The van der Waals surface area contributed by atoms with E-state index >= 15 is 0 Å². The number of aromatic carboxylic acids is 1. The number of hydrogen-bond acceptors (Lipinski definition) is 4. The van der Waals surface area contributed by atoms with E-state index < -0.39 is 5.97 Å². The quantitative estimate of drug-likeness (QED) is 0.912. The van der Waals surface area contributed by atoms with Crippen molar-refractivity contribution in [3.63, 3.8) is 0 Å². The van der Waals surface area contributed by atoms with Gasteiger partial charge in [0.1, 0.15) is 0 Å². The third-order valence-corrected chi connectivity index (χ3v) is 2.73. The van der Waals surface area contributed by atoms with Crippen molar-refractivity contribution in [2.24, 2.45) is 0 Å². The maximum atomic E-state index is 10.9. The van der Waals surface area contributed by atoms with Crippen molar-refractivity contribution in [1.82, 2.24) is 15.0 Å². The lowest BCUT2D eigenvalue weighted by atomic mass is 10.2. The summed E-state index contributed by atoms with van der Waals surface area (Å²) in [7, 11) is 1.37. The minimum Gasteiger partial charge on any atom is -0.479 e. The number of hydrogen-bond donors (Lipinski definition) is 1. The number of nitrogens with zero attached hydrogens (tertiary/aromatic N) is 3. The van der Waals surface area contributed by atoms with Crippen molar-refractivity contribution >= 4 is 17.6 Å². The Morgan fingerprint density at radius 3 is 2.83 bits per heavy atom. The maximum Gasteiger partial charge on any atom is 0.362 e. The van der Waals surface area contributed by atoms with E-state index in [9.17, 15) is 4.79 Å². The largest absolute Gasteiger partial charge is 0.479 e. The fourth-order valence-electron chi connectivity index (χ4n) is 1.53. The molecule has 2 aromatic rings. The Balaban J connectivity index is 2.35. The third kappa shape index (κ3) is 2.28. The summed E-state index contributed by atoms with van der Waals surface area (Å²) in [5, 5.41) is 16.8. The predicted octanol–water partition coefficient (Wildman–Crippen LogP) is 1.69. The van der Waals surface area contributed by atoms with Crippen LogP contribution in [0.3, 0.4) is 0 Å². The topological polar surface area (TPSA) is 77.2 Å². The van der Waals surface area contributed by atoms with Gasteiger partial charge >= 0.3 is 5.97 Å². The van der Waals surface area contributed by atoms with E-state index in [-0.39, 0.29) is 11.6 Å². The maximum absolute atomic E-state index is 10.9. The molecule has 6 nitrogen and oxygen atoms in total. The fourth-order valence-corrected chi connectivity index (χ4v) is 1.73. The van der Waals surface area contributed by atoms with E-state index in [1.54, 1.807) is 6.07 Å². The van der Waals surface area contributed by atoms with E-state index in [2.05, 4.69) is 10.3 Å². The summed E-state index contributed by atoms with van der Waals surface area (Å²) in [4.78, 5) is 10.9. The smallest absolute Gasteiger partial charge is 0.362 e. The zero-order valence-corrected chi connectivity index (χ0v) is 10.3. The molecule has 0 radical (unpaired) electrons. The summed E-state index contributed by atoms with van der Waals surface area (Å²) in [6, 6.07) is 7.22. The molecule has 1 N–H and O–H groups in total. The molecule has 0 aliphatic rings. The molecule has 94 valence electrons. The Morgan fingerprint density at radius 1 is 1.50 bits per heavy atom. The van der Waals surface area contributed by atoms with Crippen LogP contribution in [-0.4, -0.2) is 33.2 Å². The average Bonchev–Trinajstić information content (AvgIpc) is 2.75. The first-order valence-corrected chi connectivity index (χ1v) is 5.45. The molecule has 1 aromatic carbocycles. The van der Waals surface area contributed by atoms with Gasteiger partial charge < -0.3 is 9.84 Å².